The minimum absolute atomic E-state index is 0.00835. The zero-order chi connectivity index (χ0) is 15.7. The fourth-order valence-corrected chi connectivity index (χ4v) is 3.83. The summed E-state index contributed by atoms with van der Waals surface area (Å²) in [6.45, 7) is 2.20. The minimum atomic E-state index is -0.00835. The maximum absolute atomic E-state index is 11.5. The molecule has 116 valence electrons. The number of fused-ring (bicyclic) bond motifs is 1. The first-order chi connectivity index (χ1) is 10.6. The van der Waals surface area contributed by atoms with E-state index in [4.69, 9.17) is 0 Å². The zero-order valence-corrected chi connectivity index (χ0v) is 13.8. The lowest BCUT2D eigenvalue weighted by atomic mass is 9.96. The molecule has 3 aromatic rings. The lowest BCUT2D eigenvalue weighted by Crippen LogP contribution is -2.36. The number of imidazole rings is 1. The van der Waals surface area contributed by atoms with Crippen molar-refractivity contribution in [3.63, 3.8) is 0 Å². The van der Waals surface area contributed by atoms with E-state index in [2.05, 4.69) is 52.6 Å². The van der Waals surface area contributed by atoms with E-state index in [0.29, 0.717) is 6.04 Å². The highest BCUT2D eigenvalue weighted by Crippen LogP contribution is 2.29. The quantitative estimate of drug-likeness (QED) is 0.787. The van der Waals surface area contributed by atoms with Crippen LogP contribution in [-0.4, -0.2) is 39.6 Å². The van der Waals surface area contributed by atoms with Crippen LogP contribution in [0, 0.1) is 0 Å². The van der Waals surface area contributed by atoms with Gasteiger partial charge in [0.15, 0.2) is 0 Å². The van der Waals surface area contributed by atoms with Gasteiger partial charge in [0.2, 0.25) is 0 Å². The van der Waals surface area contributed by atoms with Crippen molar-refractivity contribution in [1.82, 2.24) is 19.4 Å². The van der Waals surface area contributed by atoms with Gasteiger partial charge in [0.05, 0.1) is 22.6 Å². The molecule has 0 amide bonds. The molecule has 22 heavy (non-hydrogen) atoms. The lowest BCUT2D eigenvalue weighted by molar-refractivity contribution is 0.227. The molecule has 0 aliphatic rings. The van der Waals surface area contributed by atoms with Crippen molar-refractivity contribution >= 4 is 21.6 Å². The number of thiazole rings is 1. The summed E-state index contributed by atoms with van der Waals surface area (Å²) in [5, 5.41) is 0. The topological polar surface area (TPSA) is 53.9 Å². The van der Waals surface area contributed by atoms with E-state index in [1.54, 1.807) is 0 Å². The second kappa shape index (κ2) is 6.06. The second-order valence-electron chi connectivity index (χ2n) is 5.66. The van der Waals surface area contributed by atoms with Crippen LogP contribution in [0.1, 0.15) is 24.9 Å². The first-order valence-corrected chi connectivity index (χ1v) is 8.18. The molecule has 0 fully saturated rings. The molecule has 0 radical (unpaired) electrons. The van der Waals surface area contributed by atoms with Crippen LogP contribution in [0.25, 0.3) is 10.2 Å². The summed E-state index contributed by atoms with van der Waals surface area (Å²) in [5.74, 6) is 0. The Bertz CT molecular complexity index is 803. The molecule has 5 nitrogen and oxygen atoms in total. The number of likely N-dealkylation sites (N-methyl/N-ethyl adjacent to an activating group) is 1. The number of rotatable bonds is 5. The van der Waals surface area contributed by atoms with E-state index >= 15 is 0 Å². The van der Waals surface area contributed by atoms with Crippen molar-refractivity contribution in [3.8, 4) is 0 Å². The van der Waals surface area contributed by atoms with E-state index in [1.807, 2.05) is 24.8 Å². The van der Waals surface area contributed by atoms with E-state index in [9.17, 15) is 4.79 Å². The number of hydrogen-bond donors (Lipinski definition) is 1. The van der Waals surface area contributed by atoms with Crippen molar-refractivity contribution in [2.75, 3.05) is 14.1 Å². The standard InChI is InChI=1S/C16H20N4OS/c1-4-13(19(2)3)15(20-8-7-17-10-20)11-5-6-12-14(9-11)22-16(21)18-12/h5-10,13,15H,4H2,1-3H3,(H,18,21). The summed E-state index contributed by atoms with van der Waals surface area (Å²) in [7, 11) is 4.20. The van der Waals surface area contributed by atoms with E-state index in [1.165, 1.54) is 16.9 Å². The van der Waals surface area contributed by atoms with Crippen molar-refractivity contribution in [1.29, 1.82) is 0 Å². The summed E-state index contributed by atoms with van der Waals surface area (Å²) in [4.78, 5) is 20.8. The first kappa shape index (κ1) is 15.0. The molecule has 0 saturated carbocycles. The molecular formula is C16H20N4OS. The lowest BCUT2D eigenvalue weighted by Gasteiger charge is -2.33. The predicted octanol–water partition coefficient (Wildman–Crippen LogP) is 2.72. The highest BCUT2D eigenvalue weighted by atomic mass is 32.1. The molecule has 6 heteroatoms. The third-order valence-electron chi connectivity index (χ3n) is 4.08. The predicted molar refractivity (Wildman–Crippen MR) is 90.6 cm³/mol. The molecular weight excluding hydrogens is 296 g/mol. The molecule has 3 rings (SSSR count). The largest absolute Gasteiger partial charge is 0.328 e. The third-order valence-corrected chi connectivity index (χ3v) is 4.92. The fourth-order valence-electron chi connectivity index (χ4n) is 3.04. The summed E-state index contributed by atoms with van der Waals surface area (Å²) >= 11 is 1.26. The van der Waals surface area contributed by atoms with Gasteiger partial charge in [-0.25, -0.2) is 4.98 Å². The zero-order valence-electron chi connectivity index (χ0n) is 13.0. The maximum atomic E-state index is 11.5. The van der Waals surface area contributed by atoms with Gasteiger partial charge in [0.25, 0.3) is 0 Å². The number of aromatic amines is 1. The van der Waals surface area contributed by atoms with Gasteiger partial charge in [0, 0.05) is 18.4 Å². The smallest absolute Gasteiger partial charge is 0.305 e. The Balaban J connectivity index is 2.12. The molecule has 2 aromatic heterocycles. The molecule has 1 N–H and O–H groups in total. The number of nitrogens with one attached hydrogen (secondary N) is 1. The molecule has 2 atom stereocenters. The van der Waals surface area contributed by atoms with Gasteiger partial charge in [-0.15, -0.1) is 0 Å². The van der Waals surface area contributed by atoms with Gasteiger partial charge < -0.3 is 14.5 Å². The highest BCUT2D eigenvalue weighted by Gasteiger charge is 2.25. The summed E-state index contributed by atoms with van der Waals surface area (Å²) in [6, 6.07) is 6.73. The fraction of sp³-hybridized carbons (Fsp3) is 0.375. The van der Waals surface area contributed by atoms with Gasteiger partial charge in [-0.3, -0.25) is 4.79 Å². The number of aromatic nitrogens is 3. The van der Waals surface area contributed by atoms with Crippen LogP contribution in [0.5, 0.6) is 0 Å². The van der Waals surface area contributed by atoms with Gasteiger partial charge in [0.1, 0.15) is 0 Å². The average molecular weight is 316 g/mol. The molecule has 0 saturated heterocycles. The molecule has 1 aromatic carbocycles. The molecule has 2 heterocycles. The molecule has 0 spiro atoms. The van der Waals surface area contributed by atoms with Crippen molar-refractivity contribution in [2.24, 2.45) is 0 Å². The monoisotopic (exact) mass is 316 g/mol. The Morgan fingerprint density at radius 3 is 2.86 bits per heavy atom. The summed E-state index contributed by atoms with van der Waals surface area (Å²) < 4.78 is 3.14. The molecule has 2 unspecified atom stereocenters. The van der Waals surface area contributed by atoms with Gasteiger partial charge >= 0.3 is 4.87 Å². The Morgan fingerprint density at radius 2 is 2.23 bits per heavy atom. The Labute approximate surface area is 133 Å². The SMILES string of the molecule is CCC(C(c1ccc2[nH]c(=O)sc2c1)n1ccnc1)N(C)C. The van der Waals surface area contributed by atoms with Crippen molar-refractivity contribution in [3.05, 3.63) is 52.2 Å². The Hall–Kier alpha value is -1.92. The number of hydrogen-bond acceptors (Lipinski definition) is 4. The first-order valence-electron chi connectivity index (χ1n) is 7.36. The number of nitrogens with zero attached hydrogens (tertiary/aromatic N) is 3. The number of H-pyrrole nitrogens is 1. The van der Waals surface area contributed by atoms with Crippen molar-refractivity contribution < 1.29 is 0 Å². The third kappa shape index (κ3) is 2.71. The van der Waals surface area contributed by atoms with Crippen LogP contribution in [0.4, 0.5) is 0 Å². The van der Waals surface area contributed by atoms with Gasteiger partial charge in [-0.05, 0) is 38.2 Å². The Kier molecular flexibility index (Phi) is 4.13. The van der Waals surface area contributed by atoms with Crippen LogP contribution >= 0.6 is 11.3 Å². The van der Waals surface area contributed by atoms with E-state index in [0.717, 1.165) is 16.6 Å². The van der Waals surface area contributed by atoms with E-state index < -0.39 is 0 Å². The molecule has 0 aliphatic heterocycles. The Morgan fingerprint density at radius 1 is 1.41 bits per heavy atom. The molecule has 0 aliphatic carbocycles. The van der Waals surface area contributed by atoms with Crippen LogP contribution in [-0.2, 0) is 0 Å². The maximum Gasteiger partial charge on any atom is 0.305 e. The van der Waals surface area contributed by atoms with Crippen LogP contribution in [0.2, 0.25) is 0 Å². The number of benzene rings is 1. The van der Waals surface area contributed by atoms with E-state index in [-0.39, 0.29) is 10.9 Å². The summed E-state index contributed by atoms with van der Waals surface area (Å²) in [6.07, 6.45) is 6.70. The van der Waals surface area contributed by atoms with Crippen LogP contribution in [0.3, 0.4) is 0 Å². The van der Waals surface area contributed by atoms with Crippen LogP contribution in [0.15, 0.2) is 41.7 Å². The van der Waals surface area contributed by atoms with Crippen molar-refractivity contribution in [2.45, 2.75) is 25.4 Å². The highest BCUT2D eigenvalue weighted by molar-refractivity contribution is 7.16. The van der Waals surface area contributed by atoms with Gasteiger partial charge in [-0.1, -0.05) is 24.3 Å². The normalized spacial score (nSPS) is 14.5. The molecule has 0 bridgehead atoms. The summed E-state index contributed by atoms with van der Waals surface area (Å²) in [5.41, 5.74) is 2.10. The van der Waals surface area contributed by atoms with Gasteiger partial charge in [-0.2, -0.15) is 0 Å². The average Bonchev–Trinajstić information content (AvgIpc) is 3.11. The van der Waals surface area contributed by atoms with Crippen LogP contribution < -0.4 is 4.87 Å². The second-order valence-corrected chi connectivity index (χ2v) is 6.68. The minimum Gasteiger partial charge on any atom is -0.328 e.